The number of rotatable bonds is 11. The number of amides is 7. The van der Waals surface area contributed by atoms with Crippen LogP contribution in [0.5, 0.6) is 0 Å². The van der Waals surface area contributed by atoms with E-state index in [-0.39, 0.29) is 51.6 Å². The minimum Gasteiger partial charge on any atom is -0.373 e. The molecule has 1 aromatic carbocycles. The summed E-state index contributed by atoms with van der Waals surface area (Å²) in [6.07, 6.45) is -7.26. The number of likely N-dealkylation sites (N-methyl/N-ethyl adjacent to an activating group) is 3. The fourth-order valence-corrected chi connectivity index (χ4v) is 7.79. The quantitative estimate of drug-likeness (QED) is 0.244. The Kier molecular flexibility index (Phi) is 17.9. The minimum absolute atomic E-state index is 0.0129. The molecule has 2 aliphatic rings. The van der Waals surface area contributed by atoms with E-state index in [9.17, 15) is 56.2 Å². The standard InChI is InChI=1S/C41H60ClF4N7O8/c1-9-28(48-35(56)32-21-27(43)22-53(32)39(60)40(6,61)41(44,45)46)38(59)52(10-2)30-16-11-12-17-50(7)36(57)24(5)47-34(55)31(20-25-14-13-15-26(42)19-25)51(8)37(58)29(18-23(3)4)49-33(30)54/h13-15,19,23-24,27-32,61H,9-12,16-18,20-22H2,1-8H3,(H,47,55)(H,48,56)(H,49,54)/t24-,27-,28+,29+,30+,31+,32+,40-/m1/s1. The number of aliphatic hydroxyl groups is 1. The molecule has 61 heavy (non-hydrogen) atoms. The van der Waals surface area contributed by atoms with E-state index < -0.39 is 109 Å². The lowest BCUT2D eigenvalue weighted by Gasteiger charge is -2.36. The van der Waals surface area contributed by atoms with E-state index in [1.54, 1.807) is 38.2 Å². The van der Waals surface area contributed by atoms with Gasteiger partial charge in [-0.2, -0.15) is 13.2 Å². The van der Waals surface area contributed by atoms with Gasteiger partial charge in [-0.15, -0.1) is 0 Å². The van der Waals surface area contributed by atoms with E-state index in [0.717, 1.165) is 0 Å². The van der Waals surface area contributed by atoms with Crippen LogP contribution < -0.4 is 16.0 Å². The predicted octanol–water partition coefficient (Wildman–Crippen LogP) is 2.75. The van der Waals surface area contributed by atoms with Crippen LogP contribution in [-0.2, 0) is 40.0 Å². The predicted molar refractivity (Wildman–Crippen MR) is 217 cm³/mol. The van der Waals surface area contributed by atoms with E-state index >= 15 is 0 Å². The second kappa shape index (κ2) is 21.5. The highest BCUT2D eigenvalue weighted by atomic mass is 35.5. The topological polar surface area (TPSA) is 189 Å². The van der Waals surface area contributed by atoms with Gasteiger partial charge in [0.1, 0.15) is 42.4 Å². The Morgan fingerprint density at radius 1 is 1.03 bits per heavy atom. The second-order valence-electron chi connectivity index (χ2n) is 16.5. The zero-order valence-corrected chi connectivity index (χ0v) is 36.7. The van der Waals surface area contributed by atoms with Crippen LogP contribution in [0.3, 0.4) is 0 Å². The Morgan fingerprint density at radius 2 is 1.69 bits per heavy atom. The number of nitrogens with zero attached hydrogens (tertiary/aromatic N) is 4. The molecule has 0 unspecified atom stereocenters. The largest absolute Gasteiger partial charge is 0.426 e. The van der Waals surface area contributed by atoms with Gasteiger partial charge in [-0.25, -0.2) is 4.39 Å². The Balaban J connectivity index is 2.00. The van der Waals surface area contributed by atoms with Crippen molar-refractivity contribution in [1.82, 2.24) is 35.6 Å². The smallest absolute Gasteiger partial charge is 0.373 e. The van der Waals surface area contributed by atoms with E-state index in [1.807, 2.05) is 13.8 Å². The average molecular weight is 890 g/mol. The molecule has 0 spiro atoms. The molecule has 342 valence electrons. The van der Waals surface area contributed by atoms with Gasteiger partial charge in [0, 0.05) is 45.0 Å². The van der Waals surface area contributed by atoms with Gasteiger partial charge >= 0.3 is 6.18 Å². The molecule has 0 bridgehead atoms. The van der Waals surface area contributed by atoms with Gasteiger partial charge in [-0.3, -0.25) is 33.6 Å². The first-order valence-corrected chi connectivity index (χ1v) is 21.0. The summed E-state index contributed by atoms with van der Waals surface area (Å²) in [6, 6.07) is -0.988. The van der Waals surface area contributed by atoms with Crippen LogP contribution in [0.25, 0.3) is 0 Å². The molecule has 4 N–H and O–H groups in total. The van der Waals surface area contributed by atoms with Crippen molar-refractivity contribution in [3.63, 3.8) is 0 Å². The highest BCUT2D eigenvalue weighted by molar-refractivity contribution is 6.30. The van der Waals surface area contributed by atoms with Crippen LogP contribution >= 0.6 is 11.6 Å². The lowest BCUT2D eigenvalue weighted by Crippen LogP contribution is -2.62. The Morgan fingerprint density at radius 3 is 2.26 bits per heavy atom. The maximum absolute atomic E-state index is 14.6. The van der Waals surface area contributed by atoms with Gasteiger partial charge in [-0.05, 0) is 76.5 Å². The first-order chi connectivity index (χ1) is 28.4. The van der Waals surface area contributed by atoms with Crippen molar-refractivity contribution < 1.29 is 56.2 Å². The molecule has 2 saturated heterocycles. The van der Waals surface area contributed by atoms with Crippen LogP contribution in [-0.4, -0.2) is 154 Å². The fourth-order valence-electron chi connectivity index (χ4n) is 7.58. The summed E-state index contributed by atoms with van der Waals surface area (Å²) in [4.78, 5) is 101. The average Bonchev–Trinajstić information content (AvgIpc) is 3.58. The molecule has 0 aromatic heterocycles. The number of hydrogen-bond donors (Lipinski definition) is 4. The van der Waals surface area contributed by atoms with Crippen molar-refractivity contribution in [3.05, 3.63) is 34.9 Å². The molecule has 2 heterocycles. The summed E-state index contributed by atoms with van der Waals surface area (Å²) >= 11 is 6.24. The van der Waals surface area contributed by atoms with Crippen LogP contribution in [0.2, 0.25) is 5.02 Å². The van der Waals surface area contributed by atoms with E-state index in [1.165, 1.54) is 35.6 Å². The van der Waals surface area contributed by atoms with Crippen molar-refractivity contribution in [1.29, 1.82) is 0 Å². The van der Waals surface area contributed by atoms with Gasteiger partial charge < -0.3 is 40.7 Å². The first-order valence-electron chi connectivity index (χ1n) is 20.6. The number of halogens is 5. The first kappa shape index (κ1) is 50.8. The SMILES string of the molecule is CC[C@H](NC(=O)[C@@H]1C[C@@H](F)CN1C(=O)[C@@](C)(O)C(F)(F)F)C(=O)N(CC)[C@H]1CCCCN(C)C(=O)[C@@H](C)NC(=O)[C@H](Cc2cccc(Cl)c2)N(C)C(=O)[C@H](CC(C)C)NC1=O. The van der Waals surface area contributed by atoms with E-state index in [4.69, 9.17) is 11.6 Å². The molecule has 2 aliphatic heterocycles. The molecule has 0 aliphatic carbocycles. The van der Waals surface area contributed by atoms with Crippen LogP contribution in [0.4, 0.5) is 17.6 Å². The maximum Gasteiger partial charge on any atom is 0.426 e. The monoisotopic (exact) mass is 889 g/mol. The van der Waals surface area contributed by atoms with Crippen molar-refractivity contribution in [2.75, 3.05) is 33.7 Å². The van der Waals surface area contributed by atoms with Crippen LogP contribution in [0, 0.1) is 5.92 Å². The van der Waals surface area contributed by atoms with Crippen molar-refractivity contribution in [2.24, 2.45) is 5.92 Å². The number of alkyl halides is 4. The Hall–Kier alpha value is -4.52. The maximum atomic E-state index is 14.6. The minimum atomic E-state index is -5.43. The fraction of sp³-hybridized carbons (Fsp3) is 0.683. The molecule has 0 radical (unpaired) electrons. The number of benzene rings is 1. The van der Waals surface area contributed by atoms with Crippen molar-refractivity contribution >= 4 is 53.0 Å². The zero-order chi connectivity index (χ0) is 46.1. The third-order valence-electron chi connectivity index (χ3n) is 11.2. The number of nitrogens with one attached hydrogen (secondary N) is 3. The molecular weight excluding hydrogens is 830 g/mol. The number of hydrogen-bond acceptors (Lipinski definition) is 8. The molecule has 15 nitrogen and oxygen atoms in total. The highest BCUT2D eigenvalue weighted by Crippen LogP contribution is 2.34. The molecule has 1 aromatic rings. The third-order valence-corrected chi connectivity index (χ3v) is 11.4. The molecule has 0 saturated carbocycles. The highest BCUT2D eigenvalue weighted by Gasteiger charge is 2.59. The van der Waals surface area contributed by atoms with Gasteiger partial charge in [0.15, 0.2) is 0 Å². The summed E-state index contributed by atoms with van der Waals surface area (Å²) in [5.74, 6) is -6.32. The summed E-state index contributed by atoms with van der Waals surface area (Å²) in [6.45, 7) is 7.76. The van der Waals surface area contributed by atoms with Crippen molar-refractivity contribution in [3.8, 4) is 0 Å². The van der Waals surface area contributed by atoms with Crippen LogP contribution in [0.15, 0.2) is 24.3 Å². The molecule has 3 rings (SSSR count). The van der Waals surface area contributed by atoms with Crippen molar-refractivity contribution in [2.45, 2.75) is 141 Å². The number of carbonyl (C=O) groups is 7. The van der Waals surface area contributed by atoms with Gasteiger partial charge in [0.2, 0.25) is 41.0 Å². The number of likely N-dealkylation sites (tertiary alicyclic amines) is 1. The molecular formula is C41H60ClF4N7O8. The van der Waals surface area contributed by atoms with Crippen LogP contribution in [0.1, 0.15) is 85.6 Å². The molecule has 2 fully saturated rings. The lowest BCUT2D eigenvalue weighted by molar-refractivity contribution is -0.250. The second-order valence-corrected chi connectivity index (χ2v) is 16.9. The van der Waals surface area contributed by atoms with Gasteiger partial charge in [-0.1, -0.05) is 44.5 Å². The summed E-state index contributed by atoms with van der Waals surface area (Å²) in [5, 5.41) is 18.4. The Labute approximate surface area is 359 Å². The summed E-state index contributed by atoms with van der Waals surface area (Å²) in [7, 11) is 2.97. The molecule has 8 atom stereocenters. The van der Waals surface area contributed by atoms with Gasteiger partial charge in [0.05, 0.1) is 6.54 Å². The molecule has 20 heteroatoms. The molecule has 7 amide bonds. The van der Waals surface area contributed by atoms with E-state index in [0.29, 0.717) is 28.3 Å². The van der Waals surface area contributed by atoms with Gasteiger partial charge in [0.25, 0.3) is 5.91 Å². The number of carbonyl (C=O) groups excluding carboxylic acids is 7. The lowest BCUT2D eigenvalue weighted by atomic mass is 9.98. The van der Waals surface area contributed by atoms with E-state index in [2.05, 4.69) is 16.0 Å². The summed E-state index contributed by atoms with van der Waals surface area (Å²) < 4.78 is 55.3. The Bertz CT molecular complexity index is 1770. The zero-order valence-electron chi connectivity index (χ0n) is 36.0. The third kappa shape index (κ3) is 12.8. The normalized spacial score (nSPS) is 25.5. The summed E-state index contributed by atoms with van der Waals surface area (Å²) in [5.41, 5.74) is -3.29.